The number of rotatable bonds is 13. The van der Waals surface area contributed by atoms with Crippen molar-refractivity contribution in [2.75, 3.05) is 26.2 Å². The zero-order valence-electron chi connectivity index (χ0n) is 21.8. The molecule has 2 aliphatic rings. The highest BCUT2D eigenvalue weighted by Crippen LogP contribution is 2.27. The van der Waals surface area contributed by atoms with Crippen LogP contribution in [0.3, 0.4) is 0 Å². The first-order chi connectivity index (χ1) is 18.0. The molecule has 2 saturated heterocycles. The molecular formula is C28H36F2N4O4. The standard InChI is InChI=1S/C28H36F2N4O4/c1-5-11-24(25(36)32-19-35)34-18-23(22(4)26(34)37)16-20(2)17-31-27(38)28(29,30)21(3)12-7-10-15-33-13-8-6-9-14-33/h7,10,12,15-16,19,24H,2-6,8-9,11,13-14,17-18H2,1H3,(H,31,38)(H,32,35,36)/b12-7-,15-10+,23-16-. The molecule has 0 spiro atoms. The summed E-state index contributed by atoms with van der Waals surface area (Å²) in [6.45, 7) is 14.3. The van der Waals surface area contributed by atoms with E-state index in [0.717, 1.165) is 32.0 Å². The predicted molar refractivity (Wildman–Crippen MR) is 142 cm³/mol. The van der Waals surface area contributed by atoms with Gasteiger partial charge in [0.15, 0.2) is 0 Å². The van der Waals surface area contributed by atoms with Crippen LogP contribution in [0.5, 0.6) is 0 Å². The molecule has 0 aromatic rings. The highest BCUT2D eigenvalue weighted by atomic mass is 19.3. The molecular weight excluding hydrogens is 494 g/mol. The molecule has 38 heavy (non-hydrogen) atoms. The van der Waals surface area contributed by atoms with E-state index in [9.17, 15) is 28.0 Å². The minimum atomic E-state index is -3.83. The number of nitrogens with zero attached hydrogens (tertiary/aromatic N) is 2. The number of nitrogens with one attached hydrogen (secondary N) is 2. The fourth-order valence-electron chi connectivity index (χ4n) is 4.17. The van der Waals surface area contributed by atoms with Crippen molar-refractivity contribution in [2.24, 2.45) is 0 Å². The van der Waals surface area contributed by atoms with Crippen molar-refractivity contribution in [3.05, 3.63) is 72.5 Å². The van der Waals surface area contributed by atoms with Crippen molar-refractivity contribution in [2.45, 2.75) is 51.0 Å². The quantitative estimate of drug-likeness (QED) is 0.217. The van der Waals surface area contributed by atoms with E-state index in [4.69, 9.17) is 0 Å². The fourth-order valence-corrected chi connectivity index (χ4v) is 4.17. The van der Waals surface area contributed by atoms with Crippen LogP contribution in [-0.4, -0.2) is 72.1 Å². The van der Waals surface area contributed by atoms with Gasteiger partial charge >= 0.3 is 5.92 Å². The van der Waals surface area contributed by atoms with Crippen molar-refractivity contribution in [3.63, 3.8) is 0 Å². The van der Waals surface area contributed by atoms with Crippen LogP contribution in [0.2, 0.25) is 0 Å². The normalized spacial score (nSPS) is 18.3. The van der Waals surface area contributed by atoms with Gasteiger partial charge in [-0.15, -0.1) is 0 Å². The van der Waals surface area contributed by atoms with Gasteiger partial charge in [0.2, 0.25) is 12.3 Å². The average Bonchev–Trinajstić information content (AvgIpc) is 3.16. The number of likely N-dealkylation sites (tertiary alicyclic amines) is 2. The Hall–Kier alpha value is -3.82. The summed E-state index contributed by atoms with van der Waals surface area (Å²) in [5, 5.41) is 4.22. The molecule has 1 atom stereocenters. The van der Waals surface area contributed by atoms with Crippen LogP contribution >= 0.6 is 0 Å². The first-order valence-corrected chi connectivity index (χ1v) is 12.6. The van der Waals surface area contributed by atoms with Gasteiger partial charge in [-0.05, 0) is 49.1 Å². The molecule has 2 aliphatic heterocycles. The average molecular weight is 531 g/mol. The number of imide groups is 1. The predicted octanol–water partition coefficient (Wildman–Crippen LogP) is 3.17. The topological polar surface area (TPSA) is 98.8 Å². The minimum absolute atomic E-state index is 0.0320. The molecule has 2 fully saturated rings. The summed E-state index contributed by atoms with van der Waals surface area (Å²) in [5.41, 5.74) is 0.172. The summed E-state index contributed by atoms with van der Waals surface area (Å²) in [7, 11) is 0. The Kier molecular flexibility index (Phi) is 11.4. The maximum atomic E-state index is 14.5. The maximum absolute atomic E-state index is 14.5. The van der Waals surface area contributed by atoms with Gasteiger partial charge in [-0.1, -0.05) is 51.3 Å². The zero-order chi connectivity index (χ0) is 28.3. The van der Waals surface area contributed by atoms with Gasteiger partial charge in [-0.25, -0.2) is 0 Å². The minimum Gasteiger partial charge on any atom is -0.377 e. The van der Waals surface area contributed by atoms with Gasteiger partial charge in [0.25, 0.3) is 11.8 Å². The van der Waals surface area contributed by atoms with E-state index in [1.165, 1.54) is 23.5 Å². The third kappa shape index (κ3) is 8.09. The number of amides is 4. The van der Waals surface area contributed by atoms with E-state index in [1.54, 1.807) is 6.08 Å². The van der Waals surface area contributed by atoms with Crippen molar-refractivity contribution in [1.82, 2.24) is 20.4 Å². The number of piperidine rings is 1. The molecule has 8 nitrogen and oxygen atoms in total. The zero-order valence-corrected chi connectivity index (χ0v) is 21.8. The van der Waals surface area contributed by atoms with E-state index < -0.39 is 35.3 Å². The first-order valence-electron chi connectivity index (χ1n) is 12.6. The second kappa shape index (κ2) is 14.2. The highest BCUT2D eigenvalue weighted by Gasteiger charge is 2.41. The molecule has 0 aromatic carbocycles. The van der Waals surface area contributed by atoms with E-state index >= 15 is 0 Å². The maximum Gasteiger partial charge on any atom is 0.349 e. The molecule has 0 saturated carbocycles. The second-order valence-corrected chi connectivity index (χ2v) is 9.25. The van der Waals surface area contributed by atoms with Gasteiger partial charge in [0, 0.05) is 37.3 Å². The molecule has 2 rings (SSSR count). The Labute approximate surface area is 222 Å². The van der Waals surface area contributed by atoms with Crippen molar-refractivity contribution in [3.8, 4) is 0 Å². The molecule has 10 heteroatoms. The summed E-state index contributed by atoms with van der Waals surface area (Å²) >= 11 is 0. The Morgan fingerprint density at radius 3 is 2.47 bits per heavy atom. The van der Waals surface area contributed by atoms with Gasteiger partial charge in [0.1, 0.15) is 6.04 Å². The fraction of sp³-hybridized carbons (Fsp3) is 0.429. The lowest BCUT2D eigenvalue weighted by Gasteiger charge is -2.25. The number of allylic oxidation sites excluding steroid dienone is 3. The van der Waals surface area contributed by atoms with Gasteiger partial charge < -0.3 is 15.1 Å². The summed E-state index contributed by atoms with van der Waals surface area (Å²) in [4.78, 5) is 51.2. The summed E-state index contributed by atoms with van der Waals surface area (Å²) in [6.07, 6.45) is 12.1. The van der Waals surface area contributed by atoms with Crippen LogP contribution in [0.25, 0.3) is 0 Å². The molecule has 2 N–H and O–H groups in total. The van der Waals surface area contributed by atoms with Crippen molar-refractivity contribution < 1.29 is 28.0 Å². The number of halogens is 2. The van der Waals surface area contributed by atoms with E-state index in [-0.39, 0.29) is 30.6 Å². The molecule has 206 valence electrons. The van der Waals surface area contributed by atoms with E-state index in [0.29, 0.717) is 18.4 Å². The van der Waals surface area contributed by atoms with Crippen molar-refractivity contribution >= 4 is 24.1 Å². The highest BCUT2D eigenvalue weighted by molar-refractivity contribution is 6.04. The lowest BCUT2D eigenvalue weighted by Crippen LogP contribution is -2.47. The second-order valence-electron chi connectivity index (χ2n) is 9.25. The Balaban J connectivity index is 1.95. The first kappa shape index (κ1) is 30.4. The molecule has 4 amide bonds. The Morgan fingerprint density at radius 2 is 1.84 bits per heavy atom. The van der Waals surface area contributed by atoms with Crippen LogP contribution in [0, 0.1) is 0 Å². The SMILES string of the molecule is C=C(/C=C1/CN(C(CCC)C(=O)NC=O)C(=O)C1=C)CNC(=O)C(F)(F)C(=C)/C=C\C=C\N1CCCCC1. The van der Waals surface area contributed by atoms with E-state index in [1.807, 2.05) is 13.1 Å². The van der Waals surface area contributed by atoms with Gasteiger partial charge in [-0.2, -0.15) is 8.78 Å². The lowest BCUT2D eigenvalue weighted by molar-refractivity contribution is -0.140. The number of hydrogen-bond acceptors (Lipinski definition) is 5. The van der Waals surface area contributed by atoms with Gasteiger partial charge in [-0.3, -0.25) is 24.5 Å². The van der Waals surface area contributed by atoms with Crippen LogP contribution in [0.1, 0.15) is 39.0 Å². The smallest absolute Gasteiger partial charge is 0.349 e. The molecule has 0 bridgehead atoms. The lowest BCUT2D eigenvalue weighted by atomic mass is 10.1. The van der Waals surface area contributed by atoms with Crippen LogP contribution < -0.4 is 10.6 Å². The third-order valence-electron chi connectivity index (χ3n) is 6.33. The van der Waals surface area contributed by atoms with Gasteiger partial charge in [0.05, 0.1) is 0 Å². The van der Waals surface area contributed by atoms with Crippen LogP contribution in [0.15, 0.2) is 72.5 Å². The largest absolute Gasteiger partial charge is 0.377 e. The monoisotopic (exact) mass is 530 g/mol. The summed E-state index contributed by atoms with van der Waals surface area (Å²) in [6, 6.07) is -0.860. The molecule has 1 unspecified atom stereocenters. The molecule has 2 heterocycles. The number of carbonyl (C=O) groups excluding carboxylic acids is 4. The molecule has 0 aromatic heterocycles. The third-order valence-corrected chi connectivity index (χ3v) is 6.33. The van der Waals surface area contributed by atoms with Crippen LogP contribution in [-0.2, 0) is 19.2 Å². The summed E-state index contributed by atoms with van der Waals surface area (Å²) in [5.74, 6) is -6.43. The number of carbonyl (C=O) groups is 4. The Bertz CT molecular complexity index is 1060. The van der Waals surface area contributed by atoms with Crippen LogP contribution in [0.4, 0.5) is 8.78 Å². The summed E-state index contributed by atoms with van der Waals surface area (Å²) < 4.78 is 29.1. The van der Waals surface area contributed by atoms with E-state index in [2.05, 4.69) is 35.3 Å². The number of hydrogen-bond donors (Lipinski definition) is 2. The van der Waals surface area contributed by atoms with Crippen molar-refractivity contribution in [1.29, 1.82) is 0 Å². The molecule has 0 radical (unpaired) electrons. The molecule has 0 aliphatic carbocycles. The number of alkyl halides is 2. The Morgan fingerprint density at radius 1 is 1.16 bits per heavy atom.